The van der Waals surface area contributed by atoms with Crippen molar-refractivity contribution in [3.8, 4) is 0 Å². The number of nitrogens with zero attached hydrogens (tertiary/aromatic N) is 3. The van der Waals surface area contributed by atoms with Gasteiger partial charge in [-0.2, -0.15) is 0 Å². The molecule has 7 heteroatoms. The smallest absolute Gasteiger partial charge is 0.133 e. The van der Waals surface area contributed by atoms with E-state index in [1.54, 1.807) is 12.3 Å². The average molecular weight is 263 g/mol. The molecule has 1 aliphatic rings. The minimum atomic E-state index is 0.434. The van der Waals surface area contributed by atoms with Crippen molar-refractivity contribution in [1.29, 1.82) is 0 Å². The van der Waals surface area contributed by atoms with E-state index in [2.05, 4.69) is 20.9 Å². The van der Waals surface area contributed by atoms with Crippen LogP contribution in [-0.2, 0) is 0 Å². The Labute approximate surface area is 108 Å². The molecule has 0 fully saturated rings. The number of nitrogens with two attached hydrogens (primary N) is 1. The zero-order chi connectivity index (χ0) is 12.7. The highest BCUT2D eigenvalue weighted by Gasteiger charge is 2.15. The van der Waals surface area contributed by atoms with Crippen LogP contribution in [0, 0.1) is 0 Å². The van der Waals surface area contributed by atoms with E-state index in [1.807, 2.05) is 24.3 Å². The molecule has 92 valence electrons. The summed E-state index contributed by atoms with van der Waals surface area (Å²) in [6.07, 6.45) is 3.45. The van der Waals surface area contributed by atoms with Gasteiger partial charge in [0.2, 0.25) is 0 Å². The number of hydrogen-bond acceptors (Lipinski definition) is 6. The molecule has 3 rings (SSSR count). The van der Waals surface area contributed by atoms with Gasteiger partial charge in [-0.05, 0) is 17.5 Å². The lowest BCUT2D eigenvalue weighted by molar-refractivity contribution is 0.343. The van der Waals surface area contributed by atoms with Crippen LogP contribution >= 0.6 is 11.6 Å². The van der Waals surface area contributed by atoms with Crippen LogP contribution in [-0.4, -0.2) is 22.0 Å². The lowest BCUT2D eigenvalue weighted by Gasteiger charge is -2.15. The molecule has 18 heavy (non-hydrogen) atoms. The van der Waals surface area contributed by atoms with Crippen molar-refractivity contribution in [2.24, 2.45) is 0 Å². The van der Waals surface area contributed by atoms with E-state index in [1.165, 1.54) is 0 Å². The summed E-state index contributed by atoms with van der Waals surface area (Å²) in [5.41, 5.74) is 13.4. The number of rotatable bonds is 1. The molecule has 0 aliphatic carbocycles. The van der Waals surface area contributed by atoms with E-state index in [0.29, 0.717) is 11.0 Å². The van der Waals surface area contributed by atoms with E-state index in [-0.39, 0.29) is 0 Å². The van der Waals surface area contributed by atoms with Crippen LogP contribution in [0.25, 0.3) is 16.5 Å². The summed E-state index contributed by atoms with van der Waals surface area (Å²) >= 11 is 5.89. The Bertz CT molecular complexity index is 653. The predicted octanol–water partition coefficient (Wildman–Crippen LogP) is 1.12. The number of halogens is 1. The maximum absolute atomic E-state index is 5.94. The number of pyridine rings is 2. The molecule has 0 saturated heterocycles. The zero-order valence-corrected chi connectivity index (χ0v) is 10.4. The van der Waals surface area contributed by atoms with Crippen LogP contribution < -0.4 is 16.7 Å². The first kappa shape index (κ1) is 11.1. The zero-order valence-electron chi connectivity index (χ0n) is 9.61. The van der Waals surface area contributed by atoms with E-state index >= 15 is 0 Å². The first-order valence-corrected chi connectivity index (χ1v) is 5.70. The fraction of sp³-hybridized carbons (Fsp3) is 0.0909. The number of hydrazine groups is 2. The van der Waals surface area contributed by atoms with Crippen LogP contribution in [0.4, 0.5) is 5.82 Å². The first-order valence-electron chi connectivity index (χ1n) is 5.32. The molecule has 0 radical (unpaired) electrons. The molecular formula is C11H11ClN6. The van der Waals surface area contributed by atoms with E-state index < -0.39 is 0 Å². The van der Waals surface area contributed by atoms with Gasteiger partial charge in [-0.15, -0.1) is 5.53 Å². The van der Waals surface area contributed by atoms with Crippen molar-refractivity contribution < 1.29 is 0 Å². The molecule has 4 N–H and O–H groups in total. The molecule has 2 aromatic heterocycles. The highest BCUT2D eigenvalue weighted by molar-refractivity contribution is 6.30. The Kier molecular flexibility index (Phi) is 2.46. The maximum Gasteiger partial charge on any atom is 0.133 e. The third kappa shape index (κ3) is 1.71. The number of nitrogens with one attached hydrogen (secondary N) is 2. The number of anilines is 1. The van der Waals surface area contributed by atoms with Gasteiger partial charge in [-0.25, -0.2) is 9.97 Å². The monoisotopic (exact) mass is 262 g/mol. The third-order valence-corrected chi connectivity index (χ3v) is 2.98. The van der Waals surface area contributed by atoms with Crippen LogP contribution in [0.5, 0.6) is 0 Å². The Balaban J connectivity index is 2.20. The molecule has 1 aliphatic heterocycles. The topological polar surface area (TPSA) is 79.1 Å². The molecule has 0 aromatic carbocycles. The molecule has 3 heterocycles. The minimum absolute atomic E-state index is 0.434. The Morgan fingerprint density at radius 1 is 1.39 bits per heavy atom. The van der Waals surface area contributed by atoms with Crippen molar-refractivity contribution in [2.45, 2.75) is 0 Å². The Morgan fingerprint density at radius 2 is 2.22 bits per heavy atom. The molecule has 0 spiro atoms. The molecule has 6 nitrogen and oxygen atoms in total. The molecule has 0 saturated carbocycles. The van der Waals surface area contributed by atoms with Gasteiger partial charge >= 0.3 is 0 Å². The highest BCUT2D eigenvalue weighted by Crippen LogP contribution is 2.26. The number of aromatic nitrogens is 2. The second-order valence-electron chi connectivity index (χ2n) is 3.97. The Morgan fingerprint density at radius 3 is 2.94 bits per heavy atom. The summed E-state index contributed by atoms with van der Waals surface area (Å²) in [5.74, 6) is 0.438. The van der Waals surface area contributed by atoms with Gasteiger partial charge in [0.1, 0.15) is 11.0 Å². The number of hydrogen-bond donors (Lipinski definition) is 3. The standard InChI is InChI=1S/C11H11ClN6/c1-18-9(5-15-17-18)8-2-6-3-10(12)14-4-7(6)11(13)16-8/h2-5,15,17H,1H3,(H2,13,16). The van der Waals surface area contributed by atoms with Crippen molar-refractivity contribution in [3.63, 3.8) is 0 Å². The molecule has 0 unspecified atom stereocenters. The summed E-state index contributed by atoms with van der Waals surface area (Å²) in [4.78, 5) is 8.37. The van der Waals surface area contributed by atoms with Crippen molar-refractivity contribution in [2.75, 3.05) is 12.8 Å². The minimum Gasteiger partial charge on any atom is -0.383 e. The van der Waals surface area contributed by atoms with Gasteiger partial charge in [-0.1, -0.05) is 11.6 Å². The van der Waals surface area contributed by atoms with E-state index in [0.717, 1.165) is 22.2 Å². The van der Waals surface area contributed by atoms with Crippen molar-refractivity contribution in [3.05, 3.63) is 35.4 Å². The van der Waals surface area contributed by atoms with E-state index in [9.17, 15) is 0 Å². The highest BCUT2D eigenvalue weighted by atomic mass is 35.5. The molecule has 0 atom stereocenters. The fourth-order valence-electron chi connectivity index (χ4n) is 1.88. The van der Waals surface area contributed by atoms with Gasteiger partial charge in [0.15, 0.2) is 0 Å². The van der Waals surface area contributed by atoms with Crippen LogP contribution in [0.3, 0.4) is 0 Å². The second kappa shape index (κ2) is 4.01. The fourth-order valence-corrected chi connectivity index (χ4v) is 2.04. The summed E-state index contributed by atoms with van der Waals surface area (Å²) in [7, 11) is 1.88. The molecular weight excluding hydrogens is 252 g/mol. The van der Waals surface area contributed by atoms with Crippen LogP contribution in [0.1, 0.15) is 5.69 Å². The van der Waals surface area contributed by atoms with Crippen molar-refractivity contribution in [1.82, 2.24) is 25.9 Å². The van der Waals surface area contributed by atoms with Crippen LogP contribution in [0.15, 0.2) is 24.5 Å². The van der Waals surface area contributed by atoms with E-state index in [4.69, 9.17) is 17.3 Å². The summed E-state index contributed by atoms with van der Waals surface area (Å²) < 4.78 is 0. The van der Waals surface area contributed by atoms with Gasteiger partial charge in [0.25, 0.3) is 0 Å². The quantitative estimate of drug-likeness (QED) is 0.669. The number of nitrogen functional groups attached to an aromatic ring is 1. The first-order chi connectivity index (χ1) is 8.65. The predicted molar refractivity (Wildman–Crippen MR) is 71.0 cm³/mol. The average Bonchev–Trinajstić information content (AvgIpc) is 2.74. The lowest BCUT2D eigenvalue weighted by Crippen LogP contribution is -2.33. The van der Waals surface area contributed by atoms with Crippen molar-refractivity contribution >= 4 is 33.9 Å². The summed E-state index contributed by atoms with van der Waals surface area (Å²) in [6, 6.07) is 3.70. The maximum atomic E-state index is 5.94. The number of fused-ring (bicyclic) bond motifs is 1. The van der Waals surface area contributed by atoms with Gasteiger partial charge in [-0.3, -0.25) is 5.01 Å². The molecule has 2 aromatic rings. The molecule has 0 bridgehead atoms. The second-order valence-corrected chi connectivity index (χ2v) is 4.35. The van der Waals surface area contributed by atoms with Gasteiger partial charge < -0.3 is 11.2 Å². The normalized spacial score (nSPS) is 14.8. The summed E-state index contributed by atoms with van der Waals surface area (Å²) in [6.45, 7) is 0. The largest absolute Gasteiger partial charge is 0.383 e. The SMILES string of the molecule is CN1NNC=C1c1cc2cc(Cl)ncc2c(N)n1. The van der Waals surface area contributed by atoms with Gasteiger partial charge in [0.05, 0.1) is 11.4 Å². The van der Waals surface area contributed by atoms with Gasteiger partial charge in [0, 0.05) is 24.8 Å². The lowest BCUT2D eigenvalue weighted by atomic mass is 10.1. The van der Waals surface area contributed by atoms with Crippen LogP contribution in [0.2, 0.25) is 5.15 Å². The Hall–Kier alpha value is -2.05. The summed E-state index contributed by atoms with van der Waals surface area (Å²) in [5, 5.41) is 3.96. The third-order valence-electron chi connectivity index (χ3n) is 2.78. The molecule has 0 amide bonds.